The van der Waals surface area contributed by atoms with E-state index in [1.807, 2.05) is 12.1 Å². The SMILES string of the molecule is CS(=O)(=O)c1ccc2c(c1)nc(Nc1ccc(N3CCN(CCO)CC3)cc1)c1[nH]ncc12. The Labute approximate surface area is 192 Å². The lowest BCUT2D eigenvalue weighted by molar-refractivity contribution is 0.189. The van der Waals surface area contributed by atoms with E-state index >= 15 is 0 Å². The summed E-state index contributed by atoms with van der Waals surface area (Å²) in [5.74, 6) is 0.589. The van der Waals surface area contributed by atoms with Crippen molar-refractivity contribution in [3.05, 3.63) is 48.7 Å². The fraction of sp³-hybridized carbons (Fsp3) is 0.304. The van der Waals surface area contributed by atoms with Gasteiger partial charge in [0.2, 0.25) is 0 Å². The molecule has 0 radical (unpaired) electrons. The second-order valence-corrected chi connectivity index (χ2v) is 10.3. The Morgan fingerprint density at radius 1 is 1.06 bits per heavy atom. The van der Waals surface area contributed by atoms with Crippen LogP contribution in [0, 0.1) is 0 Å². The van der Waals surface area contributed by atoms with E-state index in [1.165, 1.54) is 6.26 Å². The lowest BCUT2D eigenvalue weighted by Gasteiger charge is -2.35. The maximum absolute atomic E-state index is 12.0. The zero-order chi connectivity index (χ0) is 23.0. The van der Waals surface area contributed by atoms with Crippen LogP contribution in [0.15, 0.2) is 53.6 Å². The van der Waals surface area contributed by atoms with Gasteiger partial charge in [-0.25, -0.2) is 13.4 Å². The Bertz CT molecular complexity index is 1390. The van der Waals surface area contributed by atoms with Crippen LogP contribution >= 0.6 is 0 Å². The molecule has 4 aromatic rings. The van der Waals surface area contributed by atoms with Crippen molar-refractivity contribution in [3.63, 3.8) is 0 Å². The molecule has 0 amide bonds. The molecule has 1 saturated heterocycles. The van der Waals surface area contributed by atoms with Crippen molar-refractivity contribution >= 4 is 48.8 Å². The van der Waals surface area contributed by atoms with Crippen molar-refractivity contribution < 1.29 is 13.5 Å². The number of nitrogens with one attached hydrogen (secondary N) is 2. The molecule has 0 aliphatic carbocycles. The van der Waals surface area contributed by atoms with Gasteiger partial charge in [-0.1, -0.05) is 6.07 Å². The summed E-state index contributed by atoms with van der Waals surface area (Å²) < 4.78 is 24.0. The molecular formula is C23H26N6O3S. The zero-order valence-corrected chi connectivity index (χ0v) is 19.1. The van der Waals surface area contributed by atoms with Gasteiger partial charge >= 0.3 is 0 Å². The van der Waals surface area contributed by atoms with Gasteiger partial charge in [-0.05, 0) is 36.4 Å². The smallest absolute Gasteiger partial charge is 0.175 e. The molecule has 0 unspecified atom stereocenters. The number of rotatable bonds is 6. The predicted molar refractivity (Wildman–Crippen MR) is 130 cm³/mol. The highest BCUT2D eigenvalue weighted by Crippen LogP contribution is 2.31. The number of H-pyrrole nitrogens is 1. The average molecular weight is 467 g/mol. The molecule has 0 bridgehead atoms. The maximum Gasteiger partial charge on any atom is 0.175 e. The lowest BCUT2D eigenvalue weighted by Crippen LogP contribution is -2.47. The molecule has 172 valence electrons. The molecule has 0 spiro atoms. The number of piperazine rings is 1. The van der Waals surface area contributed by atoms with Crippen molar-refractivity contribution in [1.82, 2.24) is 20.1 Å². The van der Waals surface area contributed by atoms with Gasteiger partial charge < -0.3 is 15.3 Å². The first-order chi connectivity index (χ1) is 15.9. The van der Waals surface area contributed by atoms with Crippen LogP contribution in [0.3, 0.4) is 0 Å². The van der Waals surface area contributed by atoms with Crippen LogP contribution in [0.4, 0.5) is 17.2 Å². The Kier molecular flexibility index (Phi) is 5.65. The second-order valence-electron chi connectivity index (χ2n) is 8.29. The first kappa shape index (κ1) is 21.6. The normalized spacial score (nSPS) is 15.4. The zero-order valence-electron chi connectivity index (χ0n) is 18.3. The molecule has 10 heteroatoms. The van der Waals surface area contributed by atoms with Crippen molar-refractivity contribution in [2.75, 3.05) is 55.8 Å². The van der Waals surface area contributed by atoms with E-state index < -0.39 is 9.84 Å². The van der Waals surface area contributed by atoms with Crippen molar-refractivity contribution in [3.8, 4) is 0 Å². The molecule has 0 atom stereocenters. The number of pyridine rings is 1. The van der Waals surface area contributed by atoms with Crippen LogP contribution < -0.4 is 10.2 Å². The fourth-order valence-electron chi connectivity index (χ4n) is 4.26. The molecule has 33 heavy (non-hydrogen) atoms. The lowest BCUT2D eigenvalue weighted by atomic mass is 10.1. The topological polar surface area (TPSA) is 114 Å². The van der Waals surface area contributed by atoms with E-state index in [4.69, 9.17) is 10.1 Å². The first-order valence-corrected chi connectivity index (χ1v) is 12.7. The number of nitrogens with zero attached hydrogens (tertiary/aromatic N) is 4. The summed E-state index contributed by atoms with van der Waals surface area (Å²) in [5.41, 5.74) is 3.38. The molecule has 1 aliphatic heterocycles. The van der Waals surface area contributed by atoms with Crippen LogP contribution in [-0.4, -0.2) is 79.2 Å². The standard InChI is InChI=1S/C23H26N6O3S/c1-33(31,32)18-6-7-19-20-15-24-27-22(20)23(26-21(19)14-18)25-16-2-4-17(5-3-16)29-10-8-28(9-11-29)12-13-30/h2-7,14-15,30H,8-13H2,1H3,(H,24,27)(H,25,26). The van der Waals surface area contributed by atoms with Crippen LogP contribution in [0.1, 0.15) is 0 Å². The van der Waals surface area contributed by atoms with E-state index in [-0.39, 0.29) is 11.5 Å². The summed E-state index contributed by atoms with van der Waals surface area (Å²) in [6, 6.07) is 13.2. The monoisotopic (exact) mass is 466 g/mol. The minimum Gasteiger partial charge on any atom is -0.395 e. The molecule has 1 fully saturated rings. The molecule has 5 rings (SSSR count). The van der Waals surface area contributed by atoms with Crippen molar-refractivity contribution in [2.24, 2.45) is 0 Å². The van der Waals surface area contributed by atoms with Crippen LogP contribution in [0.25, 0.3) is 21.8 Å². The van der Waals surface area contributed by atoms with E-state index in [2.05, 4.69) is 37.4 Å². The predicted octanol–water partition coefficient (Wildman–Crippen LogP) is 2.37. The minimum absolute atomic E-state index is 0.197. The number of fused-ring (bicyclic) bond motifs is 3. The molecule has 2 aromatic heterocycles. The fourth-order valence-corrected chi connectivity index (χ4v) is 4.90. The number of hydrogen-bond acceptors (Lipinski definition) is 8. The molecule has 1 aliphatic rings. The van der Waals surface area contributed by atoms with Gasteiger partial charge in [-0.15, -0.1) is 0 Å². The van der Waals surface area contributed by atoms with Gasteiger partial charge in [0.15, 0.2) is 15.7 Å². The van der Waals surface area contributed by atoms with Crippen LogP contribution in [0.5, 0.6) is 0 Å². The van der Waals surface area contributed by atoms with Crippen molar-refractivity contribution in [1.29, 1.82) is 0 Å². The number of anilines is 3. The molecular weight excluding hydrogens is 440 g/mol. The van der Waals surface area contributed by atoms with Gasteiger partial charge in [0.25, 0.3) is 0 Å². The average Bonchev–Trinajstić information content (AvgIpc) is 3.30. The number of aromatic amines is 1. The third-order valence-corrected chi connectivity index (χ3v) is 7.19. The number of hydrogen-bond donors (Lipinski definition) is 3. The number of benzene rings is 2. The van der Waals surface area contributed by atoms with Crippen LogP contribution in [-0.2, 0) is 9.84 Å². The highest BCUT2D eigenvalue weighted by Gasteiger charge is 2.17. The highest BCUT2D eigenvalue weighted by molar-refractivity contribution is 7.90. The van der Waals surface area contributed by atoms with Crippen LogP contribution in [0.2, 0.25) is 0 Å². The van der Waals surface area contributed by atoms with Gasteiger partial charge in [0, 0.05) is 61.1 Å². The Hall–Kier alpha value is -3.21. The largest absolute Gasteiger partial charge is 0.395 e. The third-order valence-electron chi connectivity index (χ3n) is 6.08. The van der Waals surface area contributed by atoms with E-state index in [0.29, 0.717) is 11.3 Å². The summed E-state index contributed by atoms with van der Waals surface area (Å²) in [4.78, 5) is 9.54. The number of aliphatic hydroxyl groups is 1. The van der Waals surface area contributed by atoms with E-state index in [0.717, 1.165) is 60.4 Å². The third kappa shape index (κ3) is 4.37. The summed E-state index contributed by atoms with van der Waals surface area (Å²) in [6.45, 7) is 4.65. The van der Waals surface area contributed by atoms with Gasteiger partial charge in [-0.3, -0.25) is 10.00 Å². The van der Waals surface area contributed by atoms with Gasteiger partial charge in [0.1, 0.15) is 5.52 Å². The van der Waals surface area contributed by atoms with Gasteiger partial charge in [0.05, 0.1) is 23.2 Å². The number of aliphatic hydroxyl groups excluding tert-OH is 1. The Morgan fingerprint density at radius 3 is 2.52 bits per heavy atom. The molecule has 0 saturated carbocycles. The minimum atomic E-state index is -3.33. The second kappa shape index (κ2) is 8.62. The molecule has 3 N–H and O–H groups in total. The van der Waals surface area contributed by atoms with E-state index in [9.17, 15) is 8.42 Å². The summed E-state index contributed by atoms with van der Waals surface area (Å²) >= 11 is 0. The van der Waals surface area contributed by atoms with E-state index in [1.54, 1.807) is 24.4 Å². The van der Waals surface area contributed by atoms with Crippen molar-refractivity contribution in [2.45, 2.75) is 4.90 Å². The Balaban J connectivity index is 1.41. The maximum atomic E-state index is 12.0. The highest BCUT2D eigenvalue weighted by atomic mass is 32.2. The quantitative estimate of drug-likeness (QED) is 0.397. The molecule has 2 aromatic carbocycles. The first-order valence-electron chi connectivity index (χ1n) is 10.8. The summed E-state index contributed by atoms with van der Waals surface area (Å²) in [5, 5.41) is 21.3. The summed E-state index contributed by atoms with van der Waals surface area (Å²) in [7, 11) is -3.33. The molecule has 9 nitrogen and oxygen atoms in total. The Morgan fingerprint density at radius 2 is 1.82 bits per heavy atom. The van der Waals surface area contributed by atoms with Gasteiger partial charge in [-0.2, -0.15) is 5.10 Å². The number of β-amino-alcohol motifs (C(OH)–C–C–N with tert-alkyl or cyclic N) is 1. The number of aromatic nitrogens is 3. The molecule has 3 heterocycles. The number of sulfone groups is 1. The summed E-state index contributed by atoms with van der Waals surface area (Å²) in [6.07, 6.45) is 2.92.